The first-order chi connectivity index (χ1) is 13.9. The molecule has 10 unspecified atom stereocenters. The Morgan fingerprint density at radius 2 is 1.70 bits per heavy atom. The van der Waals surface area contributed by atoms with Gasteiger partial charge in [0.25, 0.3) is 0 Å². The van der Waals surface area contributed by atoms with E-state index < -0.39 is 12.1 Å². The van der Waals surface area contributed by atoms with E-state index in [0.717, 1.165) is 44.9 Å². The average molecular weight is 423 g/mol. The van der Waals surface area contributed by atoms with E-state index in [1.165, 1.54) is 0 Å². The van der Waals surface area contributed by atoms with Gasteiger partial charge in [-0.15, -0.1) is 0 Å². The van der Waals surface area contributed by atoms with E-state index in [2.05, 4.69) is 27.7 Å². The van der Waals surface area contributed by atoms with E-state index >= 15 is 0 Å². The van der Waals surface area contributed by atoms with Crippen LogP contribution in [0.4, 0.5) is 0 Å². The van der Waals surface area contributed by atoms with E-state index in [1.807, 2.05) is 0 Å². The van der Waals surface area contributed by atoms with Gasteiger partial charge in [-0.3, -0.25) is 4.79 Å². The molecule has 0 aliphatic heterocycles. The molecule has 0 radical (unpaired) electrons. The highest BCUT2D eigenvalue weighted by Crippen LogP contribution is 2.69. The van der Waals surface area contributed by atoms with Crippen molar-refractivity contribution in [2.45, 2.75) is 104 Å². The van der Waals surface area contributed by atoms with Crippen LogP contribution in [0.5, 0.6) is 0 Å². The van der Waals surface area contributed by atoms with Crippen LogP contribution in [0.3, 0.4) is 0 Å². The van der Waals surface area contributed by atoms with Crippen LogP contribution in [-0.4, -0.2) is 44.7 Å². The number of rotatable bonds is 4. The second-order valence-corrected chi connectivity index (χ2v) is 12.4. The predicted molar refractivity (Wildman–Crippen MR) is 115 cm³/mol. The lowest BCUT2D eigenvalue weighted by Gasteiger charge is -2.64. The third-order valence-electron chi connectivity index (χ3n) is 10.7. The summed E-state index contributed by atoms with van der Waals surface area (Å²) < 4.78 is 0. The Bertz CT molecular complexity index is 676. The van der Waals surface area contributed by atoms with Gasteiger partial charge in [-0.05, 0) is 97.2 Å². The summed E-state index contributed by atoms with van der Waals surface area (Å²) in [6, 6.07) is 0. The lowest BCUT2D eigenvalue weighted by Crippen LogP contribution is -2.62. The summed E-state index contributed by atoms with van der Waals surface area (Å²) in [5.41, 5.74) is -0.347. The summed E-state index contributed by atoms with van der Waals surface area (Å²) in [5.74, 6) is 0.616. The molecule has 4 fully saturated rings. The maximum atomic E-state index is 11.6. The maximum absolute atomic E-state index is 11.6. The second-order valence-electron chi connectivity index (χ2n) is 12.4. The molecule has 0 aromatic heterocycles. The van der Waals surface area contributed by atoms with E-state index in [0.29, 0.717) is 18.3 Å². The van der Waals surface area contributed by atoms with Crippen molar-refractivity contribution >= 4 is 5.97 Å². The number of aliphatic hydroxyl groups is 3. The van der Waals surface area contributed by atoms with Crippen molar-refractivity contribution in [1.29, 1.82) is 0 Å². The second kappa shape index (κ2) is 7.45. The summed E-state index contributed by atoms with van der Waals surface area (Å²) >= 11 is 0. The number of fused-ring (bicyclic) bond motifs is 5. The molecule has 0 amide bonds. The molecule has 0 aromatic carbocycles. The lowest BCUT2D eigenvalue weighted by atomic mass is 9.42. The fourth-order valence-electron chi connectivity index (χ4n) is 9.03. The zero-order chi connectivity index (χ0) is 22.1. The molecular weight excluding hydrogens is 380 g/mol. The lowest BCUT2D eigenvalue weighted by molar-refractivity contribution is -0.210. The van der Waals surface area contributed by atoms with E-state index in [4.69, 9.17) is 0 Å². The molecule has 0 bridgehead atoms. The molecule has 4 aliphatic carbocycles. The van der Waals surface area contributed by atoms with E-state index in [9.17, 15) is 25.2 Å². The van der Waals surface area contributed by atoms with Gasteiger partial charge in [0.1, 0.15) is 0 Å². The summed E-state index contributed by atoms with van der Waals surface area (Å²) in [6.45, 7) is 8.92. The van der Waals surface area contributed by atoms with E-state index in [-0.39, 0.29) is 52.6 Å². The number of carboxylic acid groups (broad SMARTS) is 1. The van der Waals surface area contributed by atoms with Gasteiger partial charge in [0.2, 0.25) is 0 Å². The minimum absolute atomic E-state index is 0.0857. The summed E-state index contributed by atoms with van der Waals surface area (Å²) in [5, 5.41) is 42.3. The number of carbonyl (C=O) groups is 1. The third kappa shape index (κ3) is 3.26. The highest BCUT2D eigenvalue weighted by atomic mass is 16.4. The number of hydrogen-bond acceptors (Lipinski definition) is 4. The monoisotopic (exact) mass is 422 g/mol. The Morgan fingerprint density at radius 3 is 2.37 bits per heavy atom. The van der Waals surface area contributed by atoms with Gasteiger partial charge in [-0.25, -0.2) is 0 Å². The SMILES string of the molecule is CC(C)(CCC(=O)O)C1CCC2C3C(O)CC4CC(O)CCC4(C)C3CC(O)C21C. The zero-order valence-electron chi connectivity index (χ0n) is 19.2. The molecule has 4 saturated carbocycles. The molecule has 5 nitrogen and oxygen atoms in total. The molecular formula is C25H42O5. The zero-order valence-corrected chi connectivity index (χ0v) is 19.2. The molecule has 4 rings (SSSR count). The molecule has 0 aromatic rings. The normalized spacial score (nSPS) is 51.0. The molecule has 0 heterocycles. The Hall–Kier alpha value is -0.650. The Kier molecular flexibility index (Phi) is 5.60. The van der Waals surface area contributed by atoms with Crippen LogP contribution in [0.1, 0.15) is 85.5 Å². The van der Waals surface area contributed by atoms with Crippen molar-refractivity contribution in [3.8, 4) is 0 Å². The van der Waals surface area contributed by atoms with Gasteiger partial charge in [-0.2, -0.15) is 0 Å². The van der Waals surface area contributed by atoms with Crippen molar-refractivity contribution in [3.05, 3.63) is 0 Å². The summed E-state index contributed by atoms with van der Waals surface area (Å²) in [6.07, 6.45) is 5.84. The van der Waals surface area contributed by atoms with Crippen LogP contribution in [0.2, 0.25) is 0 Å². The van der Waals surface area contributed by atoms with Crippen LogP contribution < -0.4 is 0 Å². The minimum Gasteiger partial charge on any atom is -0.481 e. The van der Waals surface area contributed by atoms with Gasteiger partial charge in [0.15, 0.2) is 0 Å². The summed E-state index contributed by atoms with van der Waals surface area (Å²) in [7, 11) is 0. The van der Waals surface area contributed by atoms with Crippen LogP contribution in [0.25, 0.3) is 0 Å². The molecule has 4 aliphatic rings. The topological polar surface area (TPSA) is 98.0 Å². The highest BCUT2D eigenvalue weighted by Gasteiger charge is 2.66. The first-order valence-corrected chi connectivity index (χ1v) is 12.2. The molecule has 0 spiro atoms. The number of aliphatic hydroxyl groups excluding tert-OH is 3. The predicted octanol–water partition coefficient (Wildman–Crippen LogP) is 3.84. The van der Waals surface area contributed by atoms with Crippen LogP contribution >= 0.6 is 0 Å². The third-order valence-corrected chi connectivity index (χ3v) is 10.7. The quantitative estimate of drug-likeness (QED) is 0.552. The fraction of sp³-hybridized carbons (Fsp3) is 0.960. The van der Waals surface area contributed by atoms with Gasteiger partial charge in [0, 0.05) is 6.42 Å². The fourth-order valence-corrected chi connectivity index (χ4v) is 9.03. The van der Waals surface area contributed by atoms with Gasteiger partial charge >= 0.3 is 5.97 Å². The van der Waals surface area contributed by atoms with Gasteiger partial charge < -0.3 is 20.4 Å². The first-order valence-electron chi connectivity index (χ1n) is 12.2. The Balaban J connectivity index is 1.64. The Morgan fingerprint density at radius 1 is 1.00 bits per heavy atom. The molecule has 30 heavy (non-hydrogen) atoms. The number of carboxylic acids is 1. The molecule has 172 valence electrons. The van der Waals surface area contributed by atoms with Gasteiger partial charge in [-0.1, -0.05) is 27.7 Å². The van der Waals surface area contributed by atoms with Crippen LogP contribution in [0.15, 0.2) is 0 Å². The maximum Gasteiger partial charge on any atom is 0.303 e. The Labute approximate surface area is 181 Å². The van der Waals surface area contributed by atoms with Crippen molar-refractivity contribution in [2.75, 3.05) is 0 Å². The molecule has 0 saturated heterocycles. The minimum atomic E-state index is -0.756. The molecule has 10 atom stereocenters. The van der Waals surface area contributed by atoms with Crippen molar-refractivity contribution < 1.29 is 25.2 Å². The number of aliphatic carboxylic acids is 1. The first kappa shape index (κ1) is 22.5. The smallest absolute Gasteiger partial charge is 0.303 e. The van der Waals surface area contributed by atoms with Crippen molar-refractivity contribution in [3.63, 3.8) is 0 Å². The van der Waals surface area contributed by atoms with Crippen molar-refractivity contribution in [2.24, 2.45) is 45.8 Å². The number of hydrogen-bond donors (Lipinski definition) is 4. The van der Waals surface area contributed by atoms with Crippen LogP contribution in [0, 0.1) is 45.8 Å². The van der Waals surface area contributed by atoms with Gasteiger partial charge in [0.05, 0.1) is 18.3 Å². The van der Waals surface area contributed by atoms with Crippen LogP contribution in [-0.2, 0) is 4.79 Å². The molecule has 4 N–H and O–H groups in total. The average Bonchev–Trinajstić information content (AvgIpc) is 3.02. The highest BCUT2D eigenvalue weighted by molar-refractivity contribution is 5.66. The summed E-state index contributed by atoms with van der Waals surface area (Å²) in [4.78, 5) is 11.2. The standard InChI is InChI=1S/C25H42O5/c1-23(2,9-8-21(29)30)19-6-5-16-22-17(13-20(28)25(16,19)4)24(3)10-7-15(26)11-14(24)12-18(22)27/h14-20,22,26-28H,5-13H2,1-4H3,(H,29,30). The largest absolute Gasteiger partial charge is 0.481 e. The van der Waals surface area contributed by atoms with Crippen molar-refractivity contribution in [1.82, 2.24) is 0 Å². The molecule has 5 heteroatoms. The van der Waals surface area contributed by atoms with E-state index in [1.54, 1.807) is 0 Å².